The normalized spacial score (nSPS) is 13.7. The van der Waals surface area contributed by atoms with E-state index in [0.717, 1.165) is 4.31 Å². The molecule has 0 aromatic heterocycles. The van der Waals surface area contributed by atoms with E-state index in [9.17, 15) is 18.0 Å². The zero-order valence-corrected chi connectivity index (χ0v) is 23.4. The van der Waals surface area contributed by atoms with Gasteiger partial charge in [-0.05, 0) is 57.9 Å². The molecule has 0 saturated heterocycles. The Morgan fingerprint density at radius 3 is 2.38 bits per heavy atom. The number of benzene rings is 2. The van der Waals surface area contributed by atoms with Crippen molar-refractivity contribution in [1.82, 2.24) is 10.2 Å². The first-order valence-electron chi connectivity index (χ1n) is 12.1. The zero-order valence-electron chi connectivity index (χ0n) is 21.8. The summed E-state index contributed by atoms with van der Waals surface area (Å²) in [6, 6.07) is 10.9. The number of amides is 2. The second-order valence-electron chi connectivity index (χ2n) is 9.72. The molecule has 202 valence electrons. The Balaban J connectivity index is 2.00. The quantitative estimate of drug-likeness (QED) is 0.479. The molecular formula is C26H34ClN3O6S. The minimum absolute atomic E-state index is 0.0327. The second-order valence-corrected chi connectivity index (χ2v) is 12.3. The van der Waals surface area contributed by atoms with Gasteiger partial charge in [0.15, 0.2) is 11.5 Å². The highest BCUT2D eigenvalue weighted by molar-refractivity contribution is 7.92. The van der Waals surface area contributed by atoms with E-state index < -0.39 is 34.1 Å². The Labute approximate surface area is 223 Å². The van der Waals surface area contributed by atoms with Crippen LogP contribution in [0.3, 0.4) is 0 Å². The lowest BCUT2D eigenvalue weighted by Crippen LogP contribution is -2.55. The molecule has 0 spiro atoms. The van der Waals surface area contributed by atoms with Crippen molar-refractivity contribution in [2.75, 3.05) is 23.4 Å². The number of carbonyl (C=O) groups excluding carboxylic acids is 2. The van der Waals surface area contributed by atoms with Crippen LogP contribution in [0.4, 0.5) is 5.69 Å². The highest BCUT2D eigenvalue weighted by Gasteiger charge is 2.34. The Hall–Kier alpha value is -2.98. The lowest BCUT2D eigenvalue weighted by molar-refractivity contribution is -0.141. The van der Waals surface area contributed by atoms with Crippen LogP contribution in [0.15, 0.2) is 42.5 Å². The number of nitrogens with one attached hydrogen (secondary N) is 1. The van der Waals surface area contributed by atoms with Gasteiger partial charge in [0.2, 0.25) is 28.6 Å². The summed E-state index contributed by atoms with van der Waals surface area (Å²) in [6.07, 6.45) is 0.322. The van der Waals surface area contributed by atoms with E-state index in [-0.39, 0.29) is 30.7 Å². The molecule has 1 heterocycles. The van der Waals surface area contributed by atoms with Crippen molar-refractivity contribution in [3.63, 3.8) is 0 Å². The Kier molecular flexibility index (Phi) is 8.96. The summed E-state index contributed by atoms with van der Waals surface area (Å²) in [4.78, 5) is 28.5. The largest absolute Gasteiger partial charge is 0.454 e. The third-order valence-corrected chi connectivity index (χ3v) is 7.92. The fourth-order valence-corrected chi connectivity index (χ4v) is 5.19. The van der Waals surface area contributed by atoms with Crippen LogP contribution < -0.4 is 19.1 Å². The average molecular weight is 552 g/mol. The Morgan fingerprint density at radius 2 is 1.76 bits per heavy atom. The maximum atomic E-state index is 13.9. The number of sulfonamides is 1. The molecule has 1 atom stereocenters. The lowest BCUT2D eigenvalue weighted by atomic mass is 10.1. The first-order valence-corrected chi connectivity index (χ1v) is 14.1. The fraction of sp³-hybridized carbons (Fsp3) is 0.462. The zero-order chi connectivity index (χ0) is 27.4. The van der Waals surface area contributed by atoms with Crippen LogP contribution in [0.2, 0.25) is 5.02 Å². The van der Waals surface area contributed by atoms with Gasteiger partial charge in [0.1, 0.15) is 12.6 Å². The minimum Gasteiger partial charge on any atom is -0.454 e. The highest BCUT2D eigenvalue weighted by Crippen LogP contribution is 2.36. The monoisotopic (exact) mass is 551 g/mol. The van der Waals surface area contributed by atoms with E-state index >= 15 is 0 Å². The van der Waals surface area contributed by atoms with E-state index in [4.69, 9.17) is 21.1 Å². The third kappa shape index (κ3) is 7.07. The predicted octanol–water partition coefficient (Wildman–Crippen LogP) is 3.95. The van der Waals surface area contributed by atoms with Gasteiger partial charge < -0.3 is 19.7 Å². The molecule has 0 aliphatic carbocycles. The summed E-state index contributed by atoms with van der Waals surface area (Å²) in [5.74, 6) is -0.200. The van der Waals surface area contributed by atoms with Crippen molar-refractivity contribution in [2.24, 2.45) is 0 Å². The first-order chi connectivity index (χ1) is 17.4. The number of nitrogens with zero attached hydrogens (tertiary/aromatic N) is 2. The molecule has 1 aliphatic rings. The molecule has 0 unspecified atom stereocenters. The number of hydrogen-bond acceptors (Lipinski definition) is 6. The van der Waals surface area contributed by atoms with E-state index in [1.807, 2.05) is 20.8 Å². The summed E-state index contributed by atoms with van der Waals surface area (Å²) < 4.78 is 38.0. The van der Waals surface area contributed by atoms with Gasteiger partial charge in [0, 0.05) is 23.2 Å². The van der Waals surface area contributed by atoms with Crippen molar-refractivity contribution >= 4 is 39.1 Å². The van der Waals surface area contributed by atoms with E-state index in [1.165, 1.54) is 17.9 Å². The predicted molar refractivity (Wildman–Crippen MR) is 143 cm³/mol. The molecule has 2 amide bonds. The van der Waals surface area contributed by atoms with Gasteiger partial charge in [-0.25, -0.2) is 8.42 Å². The molecule has 0 bridgehead atoms. The SMILES string of the molecule is CC[C@@H](C(=O)NC(C)(C)C)N(Cc1ccccc1Cl)C(=O)CN(c1ccc2c(c1)OCO2)S(=O)(=O)CC. The van der Waals surface area contributed by atoms with Gasteiger partial charge in [0.25, 0.3) is 0 Å². The van der Waals surface area contributed by atoms with Gasteiger partial charge in [-0.3, -0.25) is 13.9 Å². The summed E-state index contributed by atoms with van der Waals surface area (Å²) in [5, 5.41) is 3.38. The molecule has 37 heavy (non-hydrogen) atoms. The van der Waals surface area contributed by atoms with E-state index in [1.54, 1.807) is 43.3 Å². The lowest BCUT2D eigenvalue weighted by Gasteiger charge is -2.34. The summed E-state index contributed by atoms with van der Waals surface area (Å²) >= 11 is 6.39. The number of ether oxygens (including phenoxy) is 2. The second kappa shape index (κ2) is 11.6. The van der Waals surface area contributed by atoms with Crippen LogP contribution in [-0.2, 0) is 26.2 Å². The van der Waals surface area contributed by atoms with Crippen LogP contribution in [0, 0.1) is 0 Å². The minimum atomic E-state index is -3.86. The van der Waals surface area contributed by atoms with Crippen LogP contribution in [0.25, 0.3) is 0 Å². The number of carbonyl (C=O) groups is 2. The molecule has 9 nitrogen and oxygen atoms in total. The molecule has 1 N–H and O–H groups in total. The van der Waals surface area contributed by atoms with Crippen molar-refractivity contribution in [2.45, 2.75) is 59.2 Å². The topological polar surface area (TPSA) is 105 Å². The highest BCUT2D eigenvalue weighted by atomic mass is 35.5. The molecule has 3 rings (SSSR count). The van der Waals surface area contributed by atoms with Gasteiger partial charge in [0.05, 0.1) is 11.4 Å². The fourth-order valence-electron chi connectivity index (χ4n) is 3.94. The van der Waals surface area contributed by atoms with Crippen LogP contribution in [0.5, 0.6) is 11.5 Å². The number of fused-ring (bicyclic) bond motifs is 1. The van der Waals surface area contributed by atoms with E-state index in [2.05, 4.69) is 5.32 Å². The van der Waals surface area contributed by atoms with Crippen molar-refractivity contribution in [1.29, 1.82) is 0 Å². The van der Waals surface area contributed by atoms with Crippen molar-refractivity contribution < 1.29 is 27.5 Å². The smallest absolute Gasteiger partial charge is 0.244 e. The standard InChI is InChI=1S/C26H34ClN3O6S/c1-6-21(25(32)28-26(3,4)5)29(15-18-10-8-9-11-20(18)27)24(31)16-30(37(33,34)7-2)19-12-13-22-23(14-19)36-17-35-22/h8-14,21H,6-7,15-17H2,1-5H3,(H,28,32)/t21-/m0/s1. The summed E-state index contributed by atoms with van der Waals surface area (Å²) in [7, 11) is -3.86. The summed E-state index contributed by atoms with van der Waals surface area (Å²) in [6.45, 7) is 8.44. The van der Waals surface area contributed by atoms with Gasteiger partial charge in [-0.1, -0.05) is 36.7 Å². The molecule has 0 radical (unpaired) electrons. The van der Waals surface area contributed by atoms with Crippen LogP contribution in [0.1, 0.15) is 46.6 Å². The molecule has 0 saturated carbocycles. The number of anilines is 1. The van der Waals surface area contributed by atoms with Gasteiger partial charge >= 0.3 is 0 Å². The number of halogens is 1. The molecule has 2 aromatic carbocycles. The molecule has 1 aliphatic heterocycles. The number of hydrogen-bond donors (Lipinski definition) is 1. The van der Waals surface area contributed by atoms with E-state index in [0.29, 0.717) is 28.5 Å². The average Bonchev–Trinajstić information content (AvgIpc) is 3.30. The molecule has 2 aromatic rings. The maximum Gasteiger partial charge on any atom is 0.244 e. The Morgan fingerprint density at radius 1 is 1.08 bits per heavy atom. The molecule has 11 heteroatoms. The van der Waals surface area contributed by atoms with Crippen molar-refractivity contribution in [3.8, 4) is 11.5 Å². The molecular weight excluding hydrogens is 518 g/mol. The summed E-state index contributed by atoms with van der Waals surface area (Å²) in [5.41, 5.74) is 0.394. The van der Waals surface area contributed by atoms with Crippen molar-refractivity contribution in [3.05, 3.63) is 53.1 Å². The first kappa shape index (κ1) is 28.6. The number of rotatable bonds is 10. The van der Waals surface area contributed by atoms with Gasteiger partial charge in [-0.2, -0.15) is 0 Å². The van der Waals surface area contributed by atoms with Gasteiger partial charge in [-0.15, -0.1) is 0 Å². The van der Waals surface area contributed by atoms with Crippen LogP contribution in [-0.4, -0.2) is 55.8 Å². The maximum absolute atomic E-state index is 13.9. The third-order valence-electron chi connectivity index (χ3n) is 5.81. The van der Waals surface area contributed by atoms with Crippen LogP contribution >= 0.6 is 11.6 Å². The molecule has 0 fully saturated rings. The Bertz CT molecular complexity index is 1250.